The molecule has 0 heterocycles. The maximum Gasteiger partial charge on any atom is 0.122 e. The molecule has 3 heteroatoms. The molecule has 1 aromatic carbocycles. The summed E-state index contributed by atoms with van der Waals surface area (Å²) in [5, 5.41) is 0. The predicted molar refractivity (Wildman–Crippen MR) is 71.2 cm³/mol. The smallest absolute Gasteiger partial charge is 0.122 e. The van der Waals surface area contributed by atoms with Gasteiger partial charge in [-0.25, -0.2) is 0 Å². The van der Waals surface area contributed by atoms with Gasteiger partial charge >= 0.3 is 0 Å². The van der Waals surface area contributed by atoms with Gasteiger partial charge in [-0.3, -0.25) is 0 Å². The summed E-state index contributed by atoms with van der Waals surface area (Å²) in [5.74, 6) is 1.88. The standard InChI is InChI=1S/C14H23NO2/c1-6-15(3)8-7-12-10-13(16-4)11(2)9-14(12)17-5/h9-10H,6-8H2,1-5H3. The van der Waals surface area contributed by atoms with E-state index >= 15 is 0 Å². The Morgan fingerprint density at radius 1 is 1.12 bits per heavy atom. The highest BCUT2D eigenvalue weighted by Gasteiger charge is 2.09. The van der Waals surface area contributed by atoms with E-state index < -0.39 is 0 Å². The van der Waals surface area contributed by atoms with Crippen molar-refractivity contribution in [3.8, 4) is 11.5 Å². The Labute approximate surface area is 104 Å². The van der Waals surface area contributed by atoms with Crippen molar-refractivity contribution in [2.24, 2.45) is 0 Å². The van der Waals surface area contributed by atoms with Crippen molar-refractivity contribution in [2.45, 2.75) is 20.3 Å². The molecule has 0 fully saturated rings. The van der Waals surface area contributed by atoms with Crippen LogP contribution in [0.1, 0.15) is 18.1 Å². The third kappa shape index (κ3) is 3.63. The van der Waals surface area contributed by atoms with E-state index in [1.165, 1.54) is 5.56 Å². The summed E-state index contributed by atoms with van der Waals surface area (Å²) in [7, 11) is 5.54. The zero-order valence-electron chi connectivity index (χ0n) is 11.5. The number of likely N-dealkylation sites (N-methyl/N-ethyl adjacent to an activating group) is 1. The van der Waals surface area contributed by atoms with Crippen molar-refractivity contribution in [3.63, 3.8) is 0 Å². The fourth-order valence-electron chi connectivity index (χ4n) is 1.78. The minimum absolute atomic E-state index is 0.931. The van der Waals surface area contributed by atoms with Crippen LogP contribution in [-0.4, -0.2) is 39.3 Å². The molecule has 0 aliphatic rings. The van der Waals surface area contributed by atoms with Crippen LogP contribution in [-0.2, 0) is 6.42 Å². The third-order valence-electron chi connectivity index (χ3n) is 3.10. The number of hydrogen-bond donors (Lipinski definition) is 0. The lowest BCUT2D eigenvalue weighted by Crippen LogP contribution is -2.20. The Morgan fingerprint density at radius 3 is 2.29 bits per heavy atom. The Balaban J connectivity index is 2.88. The molecule has 0 atom stereocenters. The number of aryl methyl sites for hydroxylation is 1. The highest BCUT2D eigenvalue weighted by atomic mass is 16.5. The molecule has 0 unspecified atom stereocenters. The third-order valence-corrected chi connectivity index (χ3v) is 3.10. The van der Waals surface area contributed by atoms with Gasteiger partial charge in [0.2, 0.25) is 0 Å². The summed E-state index contributed by atoms with van der Waals surface area (Å²) >= 11 is 0. The van der Waals surface area contributed by atoms with Gasteiger partial charge in [0, 0.05) is 6.54 Å². The van der Waals surface area contributed by atoms with Crippen LogP contribution in [0.4, 0.5) is 0 Å². The summed E-state index contributed by atoms with van der Waals surface area (Å²) in [6.45, 7) is 6.28. The molecule has 1 aromatic rings. The summed E-state index contributed by atoms with van der Waals surface area (Å²) in [6.07, 6.45) is 0.976. The van der Waals surface area contributed by atoms with Gasteiger partial charge in [-0.1, -0.05) is 6.92 Å². The van der Waals surface area contributed by atoms with E-state index in [9.17, 15) is 0 Å². The Bertz CT molecular complexity index is 363. The van der Waals surface area contributed by atoms with E-state index in [2.05, 4.69) is 24.9 Å². The first kappa shape index (κ1) is 13.8. The fraction of sp³-hybridized carbons (Fsp3) is 0.571. The van der Waals surface area contributed by atoms with Crippen LogP contribution in [0.3, 0.4) is 0 Å². The van der Waals surface area contributed by atoms with Gasteiger partial charge in [-0.2, -0.15) is 0 Å². The molecule has 96 valence electrons. The average Bonchev–Trinajstić information content (AvgIpc) is 2.36. The Hall–Kier alpha value is -1.22. The molecule has 0 aliphatic heterocycles. The van der Waals surface area contributed by atoms with Gasteiger partial charge < -0.3 is 14.4 Å². The van der Waals surface area contributed by atoms with Gasteiger partial charge in [-0.05, 0) is 50.2 Å². The van der Waals surface area contributed by atoms with Gasteiger partial charge in [0.05, 0.1) is 14.2 Å². The zero-order chi connectivity index (χ0) is 12.8. The summed E-state index contributed by atoms with van der Waals surface area (Å²) in [4.78, 5) is 2.28. The highest BCUT2D eigenvalue weighted by Crippen LogP contribution is 2.28. The molecule has 0 saturated carbocycles. The molecule has 3 nitrogen and oxygen atoms in total. The first-order chi connectivity index (χ1) is 8.12. The second kappa shape index (κ2) is 6.50. The van der Waals surface area contributed by atoms with Crippen molar-refractivity contribution < 1.29 is 9.47 Å². The molecular formula is C14H23NO2. The minimum atomic E-state index is 0.931. The van der Waals surface area contributed by atoms with Crippen LogP contribution in [0.15, 0.2) is 12.1 Å². The lowest BCUT2D eigenvalue weighted by molar-refractivity contribution is 0.351. The van der Waals surface area contributed by atoms with Crippen LogP contribution in [0.5, 0.6) is 11.5 Å². The van der Waals surface area contributed by atoms with Crippen LogP contribution >= 0.6 is 0 Å². The first-order valence-corrected chi connectivity index (χ1v) is 6.02. The quantitative estimate of drug-likeness (QED) is 0.759. The van der Waals surface area contributed by atoms with Crippen LogP contribution < -0.4 is 9.47 Å². The number of rotatable bonds is 6. The largest absolute Gasteiger partial charge is 0.496 e. The Kier molecular flexibility index (Phi) is 5.29. The van der Waals surface area contributed by atoms with Crippen LogP contribution in [0.2, 0.25) is 0 Å². The molecule has 17 heavy (non-hydrogen) atoms. The summed E-state index contributed by atoms with van der Waals surface area (Å²) < 4.78 is 10.8. The number of ether oxygens (including phenoxy) is 2. The van der Waals surface area contributed by atoms with E-state index in [-0.39, 0.29) is 0 Å². The van der Waals surface area contributed by atoms with Gasteiger partial charge in [-0.15, -0.1) is 0 Å². The van der Waals surface area contributed by atoms with E-state index in [1.807, 2.05) is 13.0 Å². The van der Waals surface area contributed by atoms with Gasteiger partial charge in [0.25, 0.3) is 0 Å². The highest BCUT2D eigenvalue weighted by molar-refractivity contribution is 5.46. The molecule has 0 amide bonds. The fourth-order valence-corrected chi connectivity index (χ4v) is 1.78. The van der Waals surface area contributed by atoms with Crippen LogP contribution in [0, 0.1) is 6.92 Å². The second-order valence-electron chi connectivity index (χ2n) is 4.28. The molecule has 0 radical (unpaired) electrons. The van der Waals surface area contributed by atoms with E-state index in [4.69, 9.17) is 9.47 Å². The number of nitrogens with zero attached hydrogens (tertiary/aromatic N) is 1. The molecule has 0 N–H and O–H groups in total. The molecule has 0 aromatic heterocycles. The number of benzene rings is 1. The summed E-state index contributed by atoms with van der Waals surface area (Å²) in [5.41, 5.74) is 2.31. The second-order valence-corrected chi connectivity index (χ2v) is 4.28. The van der Waals surface area contributed by atoms with Gasteiger partial charge in [0.1, 0.15) is 11.5 Å². The lowest BCUT2D eigenvalue weighted by Gasteiger charge is -2.16. The van der Waals surface area contributed by atoms with Crippen LogP contribution in [0.25, 0.3) is 0 Å². The molecule has 0 bridgehead atoms. The van der Waals surface area contributed by atoms with Crippen molar-refractivity contribution in [2.75, 3.05) is 34.4 Å². The average molecular weight is 237 g/mol. The van der Waals surface area contributed by atoms with Crippen molar-refractivity contribution in [3.05, 3.63) is 23.3 Å². The molecule has 0 spiro atoms. The van der Waals surface area contributed by atoms with Crippen molar-refractivity contribution >= 4 is 0 Å². The van der Waals surface area contributed by atoms with Crippen molar-refractivity contribution in [1.82, 2.24) is 4.90 Å². The first-order valence-electron chi connectivity index (χ1n) is 6.02. The maximum atomic E-state index is 5.42. The number of hydrogen-bond acceptors (Lipinski definition) is 3. The van der Waals surface area contributed by atoms with Crippen molar-refractivity contribution in [1.29, 1.82) is 0 Å². The SMILES string of the molecule is CCN(C)CCc1cc(OC)c(C)cc1OC. The number of methoxy groups -OCH3 is 2. The van der Waals surface area contributed by atoms with E-state index in [0.29, 0.717) is 0 Å². The monoisotopic (exact) mass is 237 g/mol. The topological polar surface area (TPSA) is 21.7 Å². The lowest BCUT2D eigenvalue weighted by atomic mass is 10.1. The Morgan fingerprint density at radius 2 is 1.76 bits per heavy atom. The molecular weight excluding hydrogens is 214 g/mol. The zero-order valence-corrected chi connectivity index (χ0v) is 11.5. The molecule has 1 rings (SSSR count). The van der Waals surface area contributed by atoms with E-state index in [0.717, 1.165) is 36.6 Å². The predicted octanol–water partition coefficient (Wildman–Crippen LogP) is 2.51. The minimum Gasteiger partial charge on any atom is -0.496 e. The molecule has 0 saturated heterocycles. The maximum absolute atomic E-state index is 5.42. The summed E-state index contributed by atoms with van der Waals surface area (Å²) in [6, 6.07) is 4.12. The molecule has 0 aliphatic carbocycles. The van der Waals surface area contributed by atoms with Gasteiger partial charge in [0.15, 0.2) is 0 Å². The van der Waals surface area contributed by atoms with E-state index in [1.54, 1.807) is 14.2 Å². The normalized spacial score (nSPS) is 10.7.